The zero-order valence-electron chi connectivity index (χ0n) is 13.0. The number of aryl methyl sites for hydroxylation is 1. The summed E-state index contributed by atoms with van der Waals surface area (Å²) in [6, 6.07) is 3.43. The largest absolute Gasteiger partial charge is 0.484 e. The predicted octanol–water partition coefficient (Wildman–Crippen LogP) is 4.39. The van der Waals surface area contributed by atoms with Crippen molar-refractivity contribution in [3.8, 4) is 17.4 Å². The van der Waals surface area contributed by atoms with Crippen LogP contribution in [0.4, 0.5) is 18.9 Å². The van der Waals surface area contributed by atoms with E-state index >= 15 is 0 Å². The molecule has 0 spiro atoms. The number of nitro benzene ring substituents is 1. The molecule has 1 unspecified atom stereocenters. The number of alkyl halides is 3. The lowest BCUT2D eigenvalue weighted by atomic mass is 10.2. The SMILES string of the molecule is [CH2]C(C)Oc1cc(Oc2nn(C)c(C(F)(F)F)c2Cl)ccc1[N+](=O)[O-]. The van der Waals surface area contributed by atoms with E-state index in [2.05, 4.69) is 12.0 Å². The molecule has 0 amide bonds. The number of ether oxygens (including phenoxy) is 2. The highest BCUT2D eigenvalue weighted by Gasteiger charge is 2.39. The van der Waals surface area contributed by atoms with Gasteiger partial charge in [0.05, 0.1) is 11.0 Å². The van der Waals surface area contributed by atoms with Gasteiger partial charge in [0.2, 0.25) is 5.75 Å². The van der Waals surface area contributed by atoms with Crippen molar-refractivity contribution < 1.29 is 27.6 Å². The molecule has 7 nitrogen and oxygen atoms in total. The van der Waals surface area contributed by atoms with Gasteiger partial charge in [-0.3, -0.25) is 14.8 Å². The van der Waals surface area contributed by atoms with Gasteiger partial charge in [-0.05, 0) is 19.9 Å². The van der Waals surface area contributed by atoms with Gasteiger partial charge in [-0.2, -0.15) is 13.2 Å². The van der Waals surface area contributed by atoms with Crippen LogP contribution >= 0.6 is 11.6 Å². The van der Waals surface area contributed by atoms with Crippen molar-refractivity contribution in [2.45, 2.75) is 19.2 Å². The van der Waals surface area contributed by atoms with Crippen LogP contribution in [0.25, 0.3) is 0 Å². The van der Waals surface area contributed by atoms with Crippen LogP contribution in [0.2, 0.25) is 5.02 Å². The number of hydrogen-bond acceptors (Lipinski definition) is 5. The van der Waals surface area contributed by atoms with E-state index in [1.165, 1.54) is 6.07 Å². The number of aromatic nitrogens is 2. The highest BCUT2D eigenvalue weighted by molar-refractivity contribution is 6.32. The Hall–Kier alpha value is -2.49. The number of rotatable bonds is 5. The molecule has 0 N–H and O–H groups in total. The first-order valence-corrected chi connectivity index (χ1v) is 7.14. The summed E-state index contributed by atoms with van der Waals surface area (Å²) in [5.74, 6) is -0.665. The molecule has 2 aromatic rings. The Labute approximate surface area is 145 Å². The van der Waals surface area contributed by atoms with Gasteiger partial charge in [-0.15, -0.1) is 5.10 Å². The lowest BCUT2D eigenvalue weighted by Gasteiger charge is -2.11. The summed E-state index contributed by atoms with van der Waals surface area (Å²) >= 11 is 5.69. The molecule has 0 aliphatic heterocycles. The van der Waals surface area contributed by atoms with E-state index in [9.17, 15) is 23.3 Å². The summed E-state index contributed by atoms with van der Waals surface area (Å²) in [5, 5.41) is 13.8. The summed E-state index contributed by atoms with van der Waals surface area (Å²) in [6.45, 7) is 5.11. The minimum absolute atomic E-state index is 0.0324. The van der Waals surface area contributed by atoms with Crippen molar-refractivity contribution in [3.63, 3.8) is 0 Å². The smallest absolute Gasteiger partial charge is 0.434 e. The molecular weight excluding hydrogens is 367 g/mol. The predicted molar refractivity (Wildman–Crippen MR) is 81.8 cm³/mol. The monoisotopic (exact) mass is 378 g/mol. The van der Waals surface area contributed by atoms with Gasteiger partial charge in [0.15, 0.2) is 5.69 Å². The zero-order valence-corrected chi connectivity index (χ0v) is 13.8. The molecule has 1 atom stereocenters. The van der Waals surface area contributed by atoms with E-state index in [1.54, 1.807) is 6.92 Å². The fourth-order valence-corrected chi connectivity index (χ4v) is 2.28. The number of halogens is 4. The minimum Gasteiger partial charge on any atom is -0.484 e. The van der Waals surface area contributed by atoms with Crippen LogP contribution in [0.3, 0.4) is 0 Å². The molecular formula is C14H12ClF3N3O4. The van der Waals surface area contributed by atoms with Crippen LogP contribution in [-0.2, 0) is 13.2 Å². The average molecular weight is 379 g/mol. The maximum atomic E-state index is 12.9. The molecule has 25 heavy (non-hydrogen) atoms. The topological polar surface area (TPSA) is 79.4 Å². The number of hydrogen-bond donors (Lipinski definition) is 0. The third kappa shape index (κ3) is 4.13. The summed E-state index contributed by atoms with van der Waals surface area (Å²) < 4.78 is 49.7. The lowest BCUT2D eigenvalue weighted by Crippen LogP contribution is -2.12. The van der Waals surface area contributed by atoms with Gasteiger partial charge >= 0.3 is 11.9 Å². The molecule has 0 aliphatic rings. The maximum absolute atomic E-state index is 12.9. The summed E-state index contributed by atoms with van der Waals surface area (Å²) in [5.41, 5.74) is -1.51. The van der Waals surface area contributed by atoms with Crippen LogP contribution in [0, 0.1) is 17.0 Å². The van der Waals surface area contributed by atoms with Crippen molar-refractivity contribution in [2.24, 2.45) is 7.05 Å². The fourth-order valence-electron chi connectivity index (χ4n) is 1.98. The molecule has 0 saturated carbocycles. The molecule has 135 valence electrons. The Balaban J connectivity index is 2.40. The van der Waals surface area contributed by atoms with E-state index < -0.39 is 33.8 Å². The van der Waals surface area contributed by atoms with Crippen LogP contribution in [0.15, 0.2) is 18.2 Å². The van der Waals surface area contributed by atoms with E-state index in [1.807, 2.05) is 0 Å². The lowest BCUT2D eigenvalue weighted by molar-refractivity contribution is -0.386. The second-order valence-corrected chi connectivity index (χ2v) is 5.38. The number of benzene rings is 1. The van der Waals surface area contributed by atoms with Crippen LogP contribution in [-0.4, -0.2) is 20.8 Å². The molecule has 1 heterocycles. The highest BCUT2D eigenvalue weighted by Crippen LogP contribution is 2.41. The van der Waals surface area contributed by atoms with Crippen molar-refractivity contribution in [1.29, 1.82) is 0 Å². The van der Waals surface area contributed by atoms with Crippen molar-refractivity contribution in [2.75, 3.05) is 0 Å². The maximum Gasteiger partial charge on any atom is 0.434 e. The van der Waals surface area contributed by atoms with Gasteiger partial charge in [0, 0.05) is 19.2 Å². The summed E-state index contributed by atoms with van der Waals surface area (Å²) in [6.07, 6.45) is -5.32. The van der Waals surface area contributed by atoms with Crippen LogP contribution < -0.4 is 9.47 Å². The molecule has 1 radical (unpaired) electrons. The second kappa shape index (κ2) is 6.79. The minimum atomic E-state index is -4.71. The molecule has 1 aromatic carbocycles. The summed E-state index contributed by atoms with van der Waals surface area (Å²) in [7, 11) is 1.07. The highest BCUT2D eigenvalue weighted by atomic mass is 35.5. The van der Waals surface area contributed by atoms with Crippen molar-refractivity contribution >= 4 is 17.3 Å². The Morgan fingerprint density at radius 3 is 2.56 bits per heavy atom. The number of nitro groups is 1. The molecule has 0 bridgehead atoms. The first-order chi connectivity index (χ1) is 11.5. The molecule has 2 rings (SSSR count). The second-order valence-electron chi connectivity index (χ2n) is 5.01. The Morgan fingerprint density at radius 2 is 2.08 bits per heavy atom. The van der Waals surface area contributed by atoms with Gasteiger partial charge in [0.25, 0.3) is 5.88 Å². The molecule has 11 heteroatoms. The van der Waals surface area contributed by atoms with Gasteiger partial charge in [-0.1, -0.05) is 11.6 Å². The third-order valence-electron chi connectivity index (χ3n) is 2.90. The van der Waals surface area contributed by atoms with Gasteiger partial charge in [-0.25, -0.2) is 0 Å². The normalized spacial score (nSPS) is 11.7. The Bertz CT molecular complexity index is 805. The number of nitrogens with zero attached hydrogens (tertiary/aromatic N) is 3. The Morgan fingerprint density at radius 1 is 1.44 bits per heavy atom. The van der Waals surface area contributed by atoms with Crippen LogP contribution in [0.1, 0.15) is 12.6 Å². The summed E-state index contributed by atoms with van der Waals surface area (Å²) in [4.78, 5) is 10.3. The first-order valence-electron chi connectivity index (χ1n) is 6.76. The molecule has 0 fully saturated rings. The molecule has 0 aliphatic carbocycles. The zero-order chi connectivity index (χ0) is 18.9. The van der Waals surface area contributed by atoms with Gasteiger partial charge in [0.1, 0.15) is 10.8 Å². The van der Waals surface area contributed by atoms with E-state index in [4.69, 9.17) is 21.1 Å². The first kappa shape index (κ1) is 18.8. The van der Waals surface area contributed by atoms with E-state index in [-0.39, 0.29) is 17.2 Å². The van der Waals surface area contributed by atoms with Crippen LogP contribution in [0.5, 0.6) is 17.4 Å². The molecule has 0 saturated heterocycles. The standard InChI is InChI=1S/C14H12ClF3N3O4/c1-7(2)24-10-6-8(4-5-9(10)21(22)23)25-13-11(15)12(14(16,17)18)20(3)19-13/h4-7H,1H2,2-3H3. The van der Waals surface area contributed by atoms with Gasteiger partial charge < -0.3 is 9.47 Å². The quantitative estimate of drug-likeness (QED) is 0.569. The van der Waals surface area contributed by atoms with E-state index in [0.29, 0.717) is 4.68 Å². The van der Waals surface area contributed by atoms with Crippen molar-refractivity contribution in [1.82, 2.24) is 9.78 Å². The average Bonchev–Trinajstić information content (AvgIpc) is 2.72. The fraction of sp³-hybridized carbons (Fsp3) is 0.286. The Kier molecular flexibility index (Phi) is 5.12. The third-order valence-corrected chi connectivity index (χ3v) is 3.24. The molecule has 1 aromatic heterocycles. The van der Waals surface area contributed by atoms with Crippen molar-refractivity contribution in [3.05, 3.63) is 46.0 Å². The van der Waals surface area contributed by atoms with E-state index in [0.717, 1.165) is 19.2 Å².